The number of fused-ring (bicyclic) bond motifs is 3. The van der Waals surface area contributed by atoms with Crippen LogP contribution in [0.2, 0.25) is 0 Å². The summed E-state index contributed by atoms with van der Waals surface area (Å²) in [7, 11) is 7.25. The van der Waals surface area contributed by atoms with E-state index in [-0.39, 0.29) is 22.7 Å². The van der Waals surface area contributed by atoms with Gasteiger partial charge in [-0.05, 0) is 78.3 Å². The number of allylic oxidation sites excluding steroid dienone is 1. The van der Waals surface area contributed by atoms with Crippen molar-refractivity contribution in [2.75, 3.05) is 28.2 Å². The Morgan fingerprint density at radius 1 is 0.781 bits per heavy atom. The van der Waals surface area contributed by atoms with Gasteiger partial charge in [-0.15, -0.1) is 0 Å². The number of hydrogen-bond acceptors (Lipinski definition) is 6. The zero-order valence-corrected chi connectivity index (χ0v) is 20.0. The predicted molar refractivity (Wildman–Crippen MR) is 126 cm³/mol. The predicted octanol–water partition coefficient (Wildman–Crippen LogP) is 3.42. The van der Waals surface area contributed by atoms with Crippen molar-refractivity contribution in [1.29, 1.82) is 0 Å². The Balaban J connectivity index is 2.26. The summed E-state index contributed by atoms with van der Waals surface area (Å²) >= 11 is 0. The van der Waals surface area contributed by atoms with Gasteiger partial charge in [-0.1, -0.05) is 24.3 Å². The SMILES string of the molecule is CN(C)C(C)(C)C(=O)C1=CC(=O)C(=O)c2c1ccc1ccc(C(=O)C(C)(C)N(C)C)cc21. The first-order valence-corrected chi connectivity index (χ1v) is 10.5. The maximum atomic E-state index is 13.4. The molecule has 0 heterocycles. The number of ketones is 4. The second kappa shape index (κ2) is 7.87. The molecule has 0 saturated heterocycles. The van der Waals surface area contributed by atoms with Crippen LogP contribution in [-0.4, -0.2) is 72.2 Å². The monoisotopic (exact) mass is 434 g/mol. The van der Waals surface area contributed by atoms with E-state index in [1.165, 1.54) is 0 Å². The summed E-state index contributed by atoms with van der Waals surface area (Å²) in [5.74, 6) is -1.74. The normalized spacial score (nSPS) is 14.8. The Morgan fingerprint density at radius 3 is 1.88 bits per heavy atom. The van der Waals surface area contributed by atoms with Crippen molar-refractivity contribution in [3.05, 3.63) is 53.1 Å². The van der Waals surface area contributed by atoms with E-state index in [1.54, 1.807) is 57.1 Å². The fourth-order valence-electron chi connectivity index (χ4n) is 3.60. The fourth-order valence-corrected chi connectivity index (χ4v) is 3.60. The largest absolute Gasteiger partial charge is 0.297 e. The quantitative estimate of drug-likeness (QED) is 0.512. The lowest BCUT2D eigenvalue weighted by Gasteiger charge is -2.33. The van der Waals surface area contributed by atoms with Crippen LogP contribution in [0.5, 0.6) is 0 Å². The molecule has 0 spiro atoms. The molecule has 6 heteroatoms. The molecule has 1 aliphatic rings. The lowest BCUT2D eigenvalue weighted by molar-refractivity contribution is -0.122. The van der Waals surface area contributed by atoms with E-state index in [1.807, 2.05) is 38.9 Å². The molecule has 0 N–H and O–H groups in total. The first kappa shape index (κ1) is 23.7. The van der Waals surface area contributed by atoms with Crippen molar-refractivity contribution >= 4 is 39.5 Å². The van der Waals surface area contributed by atoms with E-state index >= 15 is 0 Å². The Labute approximate surface area is 188 Å². The lowest BCUT2D eigenvalue weighted by atomic mass is 9.79. The van der Waals surface area contributed by atoms with Crippen LogP contribution >= 0.6 is 0 Å². The Bertz CT molecular complexity index is 1200. The van der Waals surface area contributed by atoms with Crippen molar-refractivity contribution in [2.45, 2.75) is 38.8 Å². The van der Waals surface area contributed by atoms with Crippen molar-refractivity contribution < 1.29 is 19.2 Å². The highest BCUT2D eigenvalue weighted by Crippen LogP contribution is 2.35. The van der Waals surface area contributed by atoms with E-state index in [9.17, 15) is 19.2 Å². The van der Waals surface area contributed by atoms with Gasteiger partial charge in [0.05, 0.1) is 11.1 Å². The third-order valence-electron chi connectivity index (χ3n) is 6.89. The van der Waals surface area contributed by atoms with Crippen molar-refractivity contribution in [1.82, 2.24) is 9.80 Å². The minimum atomic E-state index is -0.869. The second-order valence-corrected chi connectivity index (χ2v) is 9.74. The van der Waals surface area contributed by atoms with Gasteiger partial charge in [-0.3, -0.25) is 29.0 Å². The van der Waals surface area contributed by atoms with Crippen LogP contribution in [-0.2, 0) is 9.59 Å². The molecule has 32 heavy (non-hydrogen) atoms. The number of likely N-dealkylation sites (N-methyl/N-ethyl adjacent to an activating group) is 2. The maximum absolute atomic E-state index is 13.4. The summed E-state index contributed by atoms with van der Waals surface area (Å²) in [6.45, 7) is 7.21. The van der Waals surface area contributed by atoms with Crippen molar-refractivity contribution in [3.8, 4) is 0 Å². The first-order chi connectivity index (χ1) is 14.7. The van der Waals surface area contributed by atoms with E-state index in [0.717, 1.165) is 11.5 Å². The fraction of sp³-hybridized carbons (Fsp3) is 0.385. The molecule has 0 amide bonds. The van der Waals surface area contributed by atoms with Gasteiger partial charge in [0, 0.05) is 22.8 Å². The molecule has 0 radical (unpaired) electrons. The minimum Gasteiger partial charge on any atom is -0.297 e. The summed E-state index contributed by atoms with van der Waals surface area (Å²) in [5.41, 5.74) is -0.342. The topological polar surface area (TPSA) is 74.8 Å². The van der Waals surface area contributed by atoms with Gasteiger partial charge in [-0.25, -0.2) is 0 Å². The van der Waals surface area contributed by atoms with E-state index in [4.69, 9.17) is 0 Å². The molecule has 0 atom stereocenters. The molecule has 0 aromatic heterocycles. The molecule has 0 aliphatic heterocycles. The van der Waals surface area contributed by atoms with Crippen molar-refractivity contribution in [2.24, 2.45) is 0 Å². The van der Waals surface area contributed by atoms with Crippen LogP contribution in [0.15, 0.2) is 36.4 Å². The van der Waals surface area contributed by atoms with Gasteiger partial charge < -0.3 is 0 Å². The summed E-state index contributed by atoms with van der Waals surface area (Å²) in [4.78, 5) is 55.7. The molecule has 2 aromatic rings. The molecule has 6 nitrogen and oxygen atoms in total. The zero-order chi connectivity index (χ0) is 24.2. The first-order valence-electron chi connectivity index (χ1n) is 10.5. The Hall–Kier alpha value is -2.96. The number of nitrogens with zero attached hydrogens (tertiary/aromatic N) is 2. The lowest BCUT2D eigenvalue weighted by Crippen LogP contribution is -2.46. The molecule has 1 aliphatic carbocycles. The van der Waals surface area contributed by atoms with E-state index in [2.05, 4.69) is 0 Å². The standard InChI is InChI=1S/C26H30N2O4/c1-25(2,27(5)6)23(31)16-10-9-15-11-12-17-19(24(32)26(3,4)28(7)8)14-20(29)22(30)21(17)18(15)13-16/h9-14H,1-8H3. The average molecular weight is 435 g/mol. The van der Waals surface area contributed by atoms with Crippen LogP contribution < -0.4 is 0 Å². The molecule has 0 fully saturated rings. The number of benzene rings is 2. The van der Waals surface area contributed by atoms with Gasteiger partial charge >= 0.3 is 0 Å². The zero-order valence-electron chi connectivity index (χ0n) is 20.0. The van der Waals surface area contributed by atoms with Gasteiger partial charge in [0.1, 0.15) is 0 Å². The number of carbonyl (C=O) groups excluding carboxylic acids is 4. The molecule has 0 saturated carbocycles. The van der Waals surface area contributed by atoms with Crippen LogP contribution in [0.25, 0.3) is 16.3 Å². The Morgan fingerprint density at radius 2 is 1.31 bits per heavy atom. The van der Waals surface area contributed by atoms with Crippen LogP contribution in [0.1, 0.15) is 54.0 Å². The van der Waals surface area contributed by atoms with E-state index < -0.39 is 22.6 Å². The molecule has 0 unspecified atom stereocenters. The third kappa shape index (κ3) is 3.63. The highest BCUT2D eigenvalue weighted by Gasteiger charge is 2.38. The smallest absolute Gasteiger partial charge is 0.234 e. The number of hydrogen-bond donors (Lipinski definition) is 0. The third-order valence-corrected chi connectivity index (χ3v) is 6.89. The number of Topliss-reactive ketones (excluding diaryl/α,β-unsaturated/α-hetero) is 3. The summed E-state index contributed by atoms with van der Waals surface area (Å²) in [6, 6.07) is 8.69. The minimum absolute atomic E-state index is 0.0998. The molecule has 3 rings (SSSR count). The van der Waals surface area contributed by atoms with Crippen LogP contribution in [0, 0.1) is 0 Å². The summed E-state index contributed by atoms with van der Waals surface area (Å²) in [6.07, 6.45) is 1.15. The van der Waals surface area contributed by atoms with Crippen molar-refractivity contribution in [3.63, 3.8) is 0 Å². The molecular weight excluding hydrogens is 404 g/mol. The van der Waals surface area contributed by atoms with Gasteiger partial charge in [0.2, 0.25) is 11.6 Å². The average Bonchev–Trinajstić information content (AvgIpc) is 2.73. The molecule has 2 aromatic carbocycles. The van der Waals surface area contributed by atoms with Crippen LogP contribution in [0.4, 0.5) is 0 Å². The second-order valence-electron chi connectivity index (χ2n) is 9.74. The van der Waals surface area contributed by atoms with Gasteiger partial charge in [0.25, 0.3) is 0 Å². The number of carbonyl (C=O) groups is 4. The Kier molecular flexibility index (Phi) is 5.83. The molecule has 0 bridgehead atoms. The molecular formula is C26H30N2O4. The van der Waals surface area contributed by atoms with E-state index in [0.29, 0.717) is 16.5 Å². The summed E-state index contributed by atoms with van der Waals surface area (Å²) < 4.78 is 0. The maximum Gasteiger partial charge on any atom is 0.234 e. The highest BCUT2D eigenvalue weighted by atomic mass is 16.2. The molecule has 168 valence electrons. The summed E-state index contributed by atoms with van der Waals surface area (Å²) in [5, 5.41) is 1.23. The van der Waals surface area contributed by atoms with Gasteiger partial charge in [0.15, 0.2) is 11.6 Å². The van der Waals surface area contributed by atoms with Crippen LogP contribution in [0.3, 0.4) is 0 Å². The highest BCUT2D eigenvalue weighted by molar-refractivity contribution is 6.55. The number of rotatable bonds is 6. The van der Waals surface area contributed by atoms with Gasteiger partial charge in [-0.2, -0.15) is 0 Å².